The number of hydrogen-bond acceptors (Lipinski definition) is 7. The van der Waals surface area contributed by atoms with Gasteiger partial charge in [-0.3, -0.25) is 9.10 Å². The number of Topliss-reactive ketones (excluding diaryl/α,β-unsaturated/α-hetero) is 1. The third-order valence-electron chi connectivity index (χ3n) is 5.21. The molecule has 0 aliphatic heterocycles. The summed E-state index contributed by atoms with van der Waals surface area (Å²) >= 11 is 8.95. The molecule has 0 aliphatic rings. The van der Waals surface area contributed by atoms with Crippen LogP contribution in [0, 0.1) is 13.8 Å². The number of carbonyl (C=O) groups excluding carboxylic acids is 1. The van der Waals surface area contributed by atoms with Crippen molar-refractivity contribution in [2.45, 2.75) is 31.6 Å². The maximum absolute atomic E-state index is 13.0. The van der Waals surface area contributed by atoms with Crippen molar-refractivity contribution in [3.05, 3.63) is 80.2 Å². The summed E-state index contributed by atoms with van der Waals surface area (Å²) in [5.41, 5.74) is 3.07. The normalized spacial score (nSPS) is 11.5. The van der Waals surface area contributed by atoms with Crippen molar-refractivity contribution in [2.24, 2.45) is 0 Å². The molecular formula is C24H22ClN3O3S3. The maximum atomic E-state index is 13.0. The second-order valence-corrected chi connectivity index (χ2v) is 12.3. The van der Waals surface area contributed by atoms with E-state index in [-0.39, 0.29) is 23.5 Å². The molecule has 2 aromatic carbocycles. The molecule has 4 aromatic rings. The van der Waals surface area contributed by atoms with Gasteiger partial charge >= 0.3 is 0 Å². The number of sulfonamides is 1. The Morgan fingerprint density at radius 2 is 1.68 bits per heavy atom. The van der Waals surface area contributed by atoms with Gasteiger partial charge in [0.15, 0.2) is 0 Å². The third kappa shape index (κ3) is 5.38. The molecule has 0 bridgehead atoms. The minimum absolute atomic E-state index is 0.0204. The average Bonchev–Trinajstić information content (AvgIpc) is 3.39. The van der Waals surface area contributed by atoms with Crippen LogP contribution < -0.4 is 4.31 Å². The molecule has 4 rings (SSSR count). The van der Waals surface area contributed by atoms with Gasteiger partial charge in [-0.2, -0.15) is 0 Å². The summed E-state index contributed by atoms with van der Waals surface area (Å²) in [4.78, 5) is 22.9. The van der Waals surface area contributed by atoms with Gasteiger partial charge < -0.3 is 0 Å². The van der Waals surface area contributed by atoms with E-state index in [1.165, 1.54) is 34.8 Å². The first-order valence-corrected chi connectivity index (χ1v) is 13.9. The lowest BCUT2D eigenvalue weighted by Gasteiger charge is -2.19. The van der Waals surface area contributed by atoms with Gasteiger partial charge in [-0.1, -0.05) is 23.7 Å². The molecule has 2 heterocycles. The fourth-order valence-electron chi connectivity index (χ4n) is 3.45. The van der Waals surface area contributed by atoms with E-state index < -0.39 is 10.0 Å². The first-order chi connectivity index (χ1) is 16.1. The van der Waals surface area contributed by atoms with Crippen LogP contribution >= 0.6 is 34.3 Å². The Morgan fingerprint density at radius 3 is 2.29 bits per heavy atom. The van der Waals surface area contributed by atoms with Gasteiger partial charge in [0, 0.05) is 23.9 Å². The Bertz CT molecular complexity index is 1430. The smallest absolute Gasteiger partial charge is 0.264 e. The van der Waals surface area contributed by atoms with Gasteiger partial charge in [0.05, 0.1) is 38.3 Å². The predicted octanol–water partition coefficient (Wildman–Crippen LogP) is 5.72. The highest BCUT2D eigenvalue weighted by Gasteiger charge is 2.21. The zero-order valence-corrected chi connectivity index (χ0v) is 22.0. The summed E-state index contributed by atoms with van der Waals surface area (Å²) in [5.74, 6) is 0.0204. The van der Waals surface area contributed by atoms with Crippen molar-refractivity contribution in [3.8, 4) is 10.6 Å². The molecule has 2 aromatic heterocycles. The molecule has 0 saturated heterocycles. The number of aryl methyl sites for hydroxylation is 2. The van der Waals surface area contributed by atoms with Crippen molar-refractivity contribution < 1.29 is 13.2 Å². The van der Waals surface area contributed by atoms with E-state index in [0.717, 1.165) is 31.8 Å². The summed E-state index contributed by atoms with van der Waals surface area (Å²) in [5, 5.41) is 4.24. The fourth-order valence-corrected chi connectivity index (χ4v) is 6.54. The first kappa shape index (κ1) is 24.5. The van der Waals surface area contributed by atoms with Gasteiger partial charge in [-0.25, -0.2) is 18.4 Å². The quantitative estimate of drug-likeness (QED) is 0.290. The van der Waals surface area contributed by atoms with Crippen molar-refractivity contribution in [2.75, 3.05) is 11.4 Å². The molecule has 0 amide bonds. The number of thiazole rings is 2. The monoisotopic (exact) mass is 531 g/mol. The summed E-state index contributed by atoms with van der Waals surface area (Å²) in [6.07, 6.45) is 0.446. The highest BCUT2D eigenvalue weighted by atomic mass is 35.5. The van der Waals surface area contributed by atoms with Crippen molar-refractivity contribution >= 4 is 55.8 Å². The second kappa shape index (κ2) is 9.95. The van der Waals surface area contributed by atoms with E-state index in [0.29, 0.717) is 10.7 Å². The van der Waals surface area contributed by atoms with E-state index in [9.17, 15) is 13.2 Å². The number of nitrogens with zero attached hydrogens (tertiary/aromatic N) is 3. The van der Waals surface area contributed by atoms with Crippen LogP contribution in [0.5, 0.6) is 0 Å². The van der Waals surface area contributed by atoms with Crippen LogP contribution in [0.15, 0.2) is 58.8 Å². The largest absolute Gasteiger partial charge is 0.299 e. The number of benzene rings is 2. The molecule has 10 heteroatoms. The van der Waals surface area contributed by atoms with E-state index >= 15 is 0 Å². The number of ketones is 1. The molecule has 0 fully saturated rings. The van der Waals surface area contributed by atoms with E-state index in [1.807, 2.05) is 19.2 Å². The van der Waals surface area contributed by atoms with Gasteiger partial charge in [0.1, 0.15) is 10.8 Å². The topological polar surface area (TPSA) is 80.2 Å². The number of aromatic nitrogens is 2. The first-order valence-electron chi connectivity index (χ1n) is 10.4. The number of anilines is 1. The van der Waals surface area contributed by atoms with Crippen LogP contribution in [0.1, 0.15) is 21.3 Å². The Morgan fingerprint density at radius 1 is 1.00 bits per heavy atom. The molecular weight excluding hydrogens is 510 g/mol. The highest BCUT2D eigenvalue weighted by molar-refractivity contribution is 7.92. The van der Waals surface area contributed by atoms with Crippen LogP contribution in [0.2, 0.25) is 5.02 Å². The van der Waals surface area contributed by atoms with Crippen molar-refractivity contribution in [3.63, 3.8) is 0 Å². The Kier molecular flexibility index (Phi) is 7.18. The maximum Gasteiger partial charge on any atom is 0.264 e. The SMILES string of the molecule is Cc1nc(C)c(-c2csc(CC(=O)Cc3ccc(S(=O)(=O)N(C)c4ccc(Cl)cc4)cc3)n2)s1. The third-order valence-corrected chi connectivity index (χ3v) is 9.21. The van der Waals surface area contributed by atoms with Crippen LogP contribution in [0.3, 0.4) is 0 Å². The van der Waals surface area contributed by atoms with E-state index in [1.54, 1.807) is 47.7 Å². The molecule has 6 nitrogen and oxygen atoms in total. The lowest BCUT2D eigenvalue weighted by Crippen LogP contribution is -2.26. The summed E-state index contributed by atoms with van der Waals surface area (Å²) in [6.45, 7) is 3.92. The van der Waals surface area contributed by atoms with Crippen molar-refractivity contribution in [1.29, 1.82) is 0 Å². The van der Waals surface area contributed by atoms with Gasteiger partial charge in [0.25, 0.3) is 10.0 Å². The summed E-state index contributed by atoms with van der Waals surface area (Å²) < 4.78 is 27.1. The number of carbonyl (C=O) groups is 1. The van der Waals surface area contributed by atoms with E-state index in [4.69, 9.17) is 11.6 Å². The number of rotatable bonds is 8. The fraction of sp³-hybridized carbons (Fsp3) is 0.208. The Balaban J connectivity index is 1.41. The minimum atomic E-state index is -3.73. The second-order valence-electron chi connectivity index (χ2n) is 7.76. The van der Waals surface area contributed by atoms with Crippen molar-refractivity contribution in [1.82, 2.24) is 9.97 Å². The molecule has 0 spiro atoms. The van der Waals surface area contributed by atoms with Crippen LogP contribution in [-0.2, 0) is 27.7 Å². The molecule has 176 valence electrons. The Labute approximate surface area is 211 Å². The molecule has 0 saturated carbocycles. The van der Waals surface area contributed by atoms with Gasteiger partial charge in [0.2, 0.25) is 0 Å². The standard InChI is InChI=1S/C24H22ClN3O3S3/c1-15-24(33-16(2)26-15)22-14-32-23(27-22)13-20(29)12-17-4-10-21(11-5-17)34(30,31)28(3)19-8-6-18(25)7-9-19/h4-11,14H,12-13H2,1-3H3. The van der Waals surface area contributed by atoms with Gasteiger partial charge in [-0.15, -0.1) is 22.7 Å². The Hall–Kier alpha value is -2.59. The molecule has 0 radical (unpaired) electrons. The minimum Gasteiger partial charge on any atom is -0.299 e. The zero-order valence-electron chi connectivity index (χ0n) is 18.8. The molecule has 0 N–H and O–H groups in total. The average molecular weight is 532 g/mol. The lowest BCUT2D eigenvalue weighted by molar-refractivity contribution is -0.117. The summed E-state index contributed by atoms with van der Waals surface area (Å²) in [6, 6.07) is 13.0. The number of hydrogen-bond donors (Lipinski definition) is 0. The van der Waals surface area contributed by atoms with Crippen LogP contribution in [0.25, 0.3) is 10.6 Å². The zero-order chi connectivity index (χ0) is 24.5. The molecule has 0 atom stereocenters. The summed E-state index contributed by atoms with van der Waals surface area (Å²) in [7, 11) is -2.24. The van der Waals surface area contributed by atoms with Crippen LogP contribution in [-0.4, -0.2) is 31.2 Å². The molecule has 0 aliphatic carbocycles. The van der Waals surface area contributed by atoms with Crippen LogP contribution in [0.4, 0.5) is 5.69 Å². The molecule has 0 unspecified atom stereocenters. The lowest BCUT2D eigenvalue weighted by atomic mass is 10.1. The number of halogens is 1. The predicted molar refractivity (Wildman–Crippen MR) is 139 cm³/mol. The molecule has 34 heavy (non-hydrogen) atoms. The van der Waals surface area contributed by atoms with Gasteiger partial charge in [-0.05, 0) is 55.8 Å². The van der Waals surface area contributed by atoms with E-state index in [2.05, 4.69) is 9.97 Å². The highest BCUT2D eigenvalue weighted by Crippen LogP contribution is 2.31.